The van der Waals surface area contributed by atoms with E-state index in [0.29, 0.717) is 22.7 Å². The normalized spacial score (nSPS) is 12.7. The molecule has 26 heavy (non-hydrogen) atoms. The molecule has 6 heteroatoms. The van der Waals surface area contributed by atoms with Gasteiger partial charge < -0.3 is 10.2 Å². The Morgan fingerprint density at radius 3 is 2.62 bits per heavy atom. The maximum atomic E-state index is 13.0. The third-order valence-electron chi connectivity index (χ3n) is 4.32. The molecule has 2 amide bonds. The molecule has 4 rings (SSSR count). The van der Waals surface area contributed by atoms with E-state index < -0.39 is 0 Å². The number of halogens is 1. The van der Waals surface area contributed by atoms with Gasteiger partial charge in [0.2, 0.25) is 0 Å². The van der Waals surface area contributed by atoms with Gasteiger partial charge in [0.1, 0.15) is 5.82 Å². The van der Waals surface area contributed by atoms with E-state index >= 15 is 0 Å². The summed E-state index contributed by atoms with van der Waals surface area (Å²) in [5.74, 6) is -0.675. The van der Waals surface area contributed by atoms with Crippen molar-refractivity contribution in [2.75, 3.05) is 16.8 Å². The van der Waals surface area contributed by atoms with E-state index in [9.17, 15) is 14.0 Å². The summed E-state index contributed by atoms with van der Waals surface area (Å²) in [7, 11) is 0. The van der Waals surface area contributed by atoms with E-state index in [4.69, 9.17) is 0 Å². The van der Waals surface area contributed by atoms with Crippen molar-refractivity contribution >= 4 is 34.5 Å². The minimum Gasteiger partial charge on any atom is -0.322 e. The molecule has 0 saturated heterocycles. The first-order valence-corrected chi connectivity index (χ1v) is 9.05. The third-order valence-corrected chi connectivity index (χ3v) is 5.17. The van der Waals surface area contributed by atoms with Crippen LogP contribution in [-0.4, -0.2) is 18.4 Å². The highest BCUT2D eigenvalue weighted by Crippen LogP contribution is 2.32. The molecule has 0 spiro atoms. The lowest BCUT2D eigenvalue weighted by molar-refractivity contribution is 0.0991. The van der Waals surface area contributed by atoms with Crippen LogP contribution in [0.4, 0.5) is 15.8 Å². The lowest BCUT2D eigenvalue weighted by atomic mass is 10.1. The molecule has 3 aromatic rings. The van der Waals surface area contributed by atoms with Crippen LogP contribution in [0, 0.1) is 5.82 Å². The van der Waals surface area contributed by atoms with Crippen LogP contribution in [0.5, 0.6) is 0 Å². The lowest BCUT2D eigenvalue weighted by Crippen LogP contribution is -2.28. The average molecular weight is 366 g/mol. The van der Waals surface area contributed by atoms with Gasteiger partial charge in [-0.25, -0.2) is 4.39 Å². The highest BCUT2D eigenvalue weighted by atomic mass is 32.1. The second kappa shape index (κ2) is 6.72. The average Bonchev–Trinajstić information content (AvgIpc) is 3.31. The number of thiophene rings is 1. The number of nitrogens with one attached hydrogen (secondary N) is 1. The summed E-state index contributed by atoms with van der Waals surface area (Å²) in [6, 6.07) is 14.6. The fourth-order valence-electron chi connectivity index (χ4n) is 3.03. The van der Waals surface area contributed by atoms with Crippen molar-refractivity contribution in [2.45, 2.75) is 6.42 Å². The first-order valence-electron chi connectivity index (χ1n) is 8.17. The van der Waals surface area contributed by atoms with Gasteiger partial charge >= 0.3 is 0 Å². The molecule has 0 unspecified atom stereocenters. The number of rotatable bonds is 3. The second-order valence-corrected chi connectivity index (χ2v) is 6.94. The Bertz CT molecular complexity index is 968. The maximum Gasteiger partial charge on any atom is 0.268 e. The fourth-order valence-corrected chi connectivity index (χ4v) is 3.70. The summed E-state index contributed by atoms with van der Waals surface area (Å²) in [6.07, 6.45) is 0.743. The molecule has 4 nitrogen and oxygen atoms in total. The molecule has 1 N–H and O–H groups in total. The van der Waals surface area contributed by atoms with E-state index in [2.05, 4.69) is 5.32 Å². The number of anilines is 2. The van der Waals surface area contributed by atoms with Crippen LogP contribution in [0.3, 0.4) is 0 Å². The van der Waals surface area contributed by atoms with E-state index in [1.165, 1.54) is 35.6 Å². The zero-order valence-corrected chi connectivity index (χ0v) is 14.6. The monoisotopic (exact) mass is 366 g/mol. The lowest BCUT2D eigenvalue weighted by Gasteiger charge is -2.16. The molecule has 0 radical (unpaired) electrons. The summed E-state index contributed by atoms with van der Waals surface area (Å²) < 4.78 is 13.0. The first-order chi connectivity index (χ1) is 12.6. The molecule has 1 aromatic heterocycles. The molecule has 0 saturated carbocycles. The largest absolute Gasteiger partial charge is 0.322 e. The Balaban J connectivity index is 1.52. The summed E-state index contributed by atoms with van der Waals surface area (Å²) in [4.78, 5) is 27.3. The van der Waals surface area contributed by atoms with Crippen LogP contribution in [0.15, 0.2) is 60.0 Å². The van der Waals surface area contributed by atoms with Gasteiger partial charge in [0.05, 0.1) is 4.88 Å². The van der Waals surface area contributed by atoms with Crippen LogP contribution in [0.25, 0.3) is 0 Å². The van der Waals surface area contributed by atoms with E-state index in [1.54, 1.807) is 11.0 Å². The summed E-state index contributed by atoms with van der Waals surface area (Å²) >= 11 is 1.43. The van der Waals surface area contributed by atoms with Gasteiger partial charge in [0.15, 0.2) is 0 Å². The number of fused-ring (bicyclic) bond motifs is 1. The summed E-state index contributed by atoms with van der Waals surface area (Å²) in [6.45, 7) is 0.626. The predicted molar refractivity (Wildman–Crippen MR) is 100 cm³/mol. The minimum absolute atomic E-state index is 0.00171. The molecule has 0 fully saturated rings. The van der Waals surface area contributed by atoms with Crippen molar-refractivity contribution in [1.29, 1.82) is 0 Å². The van der Waals surface area contributed by atoms with Gasteiger partial charge in [-0.3, -0.25) is 9.59 Å². The van der Waals surface area contributed by atoms with Crippen LogP contribution >= 0.6 is 11.3 Å². The Morgan fingerprint density at radius 1 is 1.08 bits per heavy atom. The second-order valence-electron chi connectivity index (χ2n) is 5.99. The highest BCUT2D eigenvalue weighted by Gasteiger charge is 2.26. The molecule has 2 aromatic carbocycles. The molecule has 1 aliphatic heterocycles. The van der Waals surface area contributed by atoms with E-state index in [1.807, 2.05) is 29.6 Å². The van der Waals surface area contributed by atoms with Crippen LogP contribution in [0.2, 0.25) is 0 Å². The Morgan fingerprint density at radius 2 is 1.88 bits per heavy atom. The van der Waals surface area contributed by atoms with Gasteiger partial charge in [-0.15, -0.1) is 11.3 Å². The zero-order valence-electron chi connectivity index (χ0n) is 13.7. The molecule has 130 valence electrons. The fraction of sp³-hybridized carbons (Fsp3) is 0.100. The molecule has 0 bridgehead atoms. The molecular weight excluding hydrogens is 351 g/mol. The summed E-state index contributed by atoms with van der Waals surface area (Å²) in [5.41, 5.74) is 2.94. The number of carbonyl (C=O) groups is 2. The van der Waals surface area contributed by atoms with Crippen molar-refractivity contribution in [2.24, 2.45) is 0 Å². The smallest absolute Gasteiger partial charge is 0.268 e. The first kappa shape index (κ1) is 16.5. The van der Waals surface area contributed by atoms with Gasteiger partial charge in [-0.05, 0) is 65.9 Å². The number of hydrogen-bond acceptors (Lipinski definition) is 3. The van der Waals surface area contributed by atoms with Gasteiger partial charge in [0.25, 0.3) is 11.8 Å². The number of hydrogen-bond donors (Lipinski definition) is 1. The minimum atomic E-state index is -0.380. The van der Waals surface area contributed by atoms with Crippen molar-refractivity contribution in [3.63, 3.8) is 0 Å². The SMILES string of the molecule is O=C(Nc1ccc2c(c1)CCN2C(=O)c1cccs1)c1ccc(F)cc1. The van der Waals surface area contributed by atoms with Crippen LogP contribution in [-0.2, 0) is 6.42 Å². The molecular formula is C20H15FN2O2S. The van der Waals surface area contributed by atoms with Gasteiger partial charge in [-0.2, -0.15) is 0 Å². The molecule has 0 atom stereocenters. The van der Waals surface area contributed by atoms with Crippen molar-refractivity contribution < 1.29 is 14.0 Å². The number of amides is 2. The molecule has 0 aliphatic carbocycles. The van der Waals surface area contributed by atoms with Gasteiger partial charge in [0, 0.05) is 23.5 Å². The van der Waals surface area contributed by atoms with Crippen LogP contribution in [0.1, 0.15) is 25.6 Å². The number of benzene rings is 2. The van der Waals surface area contributed by atoms with E-state index in [0.717, 1.165) is 17.7 Å². The Kier molecular flexibility index (Phi) is 4.26. The highest BCUT2D eigenvalue weighted by molar-refractivity contribution is 7.12. The topological polar surface area (TPSA) is 49.4 Å². The van der Waals surface area contributed by atoms with Crippen molar-refractivity contribution in [3.8, 4) is 0 Å². The Labute approximate surface area is 153 Å². The maximum absolute atomic E-state index is 13.0. The standard InChI is InChI=1S/C20H15FN2O2S/c21-15-5-3-13(4-6-15)19(24)22-16-7-8-17-14(12-16)9-10-23(17)20(25)18-2-1-11-26-18/h1-8,11-12H,9-10H2,(H,22,24). The number of carbonyl (C=O) groups excluding carboxylic acids is 2. The summed E-state index contributed by atoms with van der Waals surface area (Å²) in [5, 5.41) is 4.70. The quantitative estimate of drug-likeness (QED) is 0.749. The molecule has 2 heterocycles. The van der Waals surface area contributed by atoms with Crippen molar-refractivity contribution in [3.05, 3.63) is 81.8 Å². The molecule has 1 aliphatic rings. The number of nitrogens with zero attached hydrogens (tertiary/aromatic N) is 1. The van der Waals surface area contributed by atoms with Crippen molar-refractivity contribution in [1.82, 2.24) is 0 Å². The predicted octanol–water partition coefficient (Wildman–Crippen LogP) is 4.34. The van der Waals surface area contributed by atoms with Gasteiger partial charge in [-0.1, -0.05) is 6.07 Å². The zero-order chi connectivity index (χ0) is 18.1. The van der Waals surface area contributed by atoms with Crippen LogP contribution < -0.4 is 10.2 Å². The van der Waals surface area contributed by atoms with E-state index in [-0.39, 0.29) is 17.6 Å². The Hall–Kier alpha value is -2.99. The third kappa shape index (κ3) is 3.11.